The summed E-state index contributed by atoms with van der Waals surface area (Å²) < 4.78 is 24.1. The van der Waals surface area contributed by atoms with Crippen LogP contribution in [0.5, 0.6) is 11.5 Å². The maximum absolute atomic E-state index is 12.8. The lowest BCUT2D eigenvalue weighted by molar-refractivity contribution is -0.00941. The molecule has 0 spiro atoms. The zero-order chi connectivity index (χ0) is 13.9. The van der Waals surface area contributed by atoms with E-state index < -0.39 is 12.2 Å². The molecule has 2 aromatic carbocycles. The number of halogens is 1. The summed E-state index contributed by atoms with van der Waals surface area (Å²) in [6, 6.07) is 13.5. The third-order valence-corrected chi connectivity index (χ3v) is 3.32. The third kappa shape index (κ3) is 2.75. The van der Waals surface area contributed by atoms with Crippen molar-refractivity contribution in [3.05, 3.63) is 59.9 Å². The second-order valence-electron chi connectivity index (χ2n) is 4.81. The molecule has 1 aliphatic heterocycles. The van der Waals surface area contributed by atoms with Crippen molar-refractivity contribution in [2.75, 3.05) is 6.61 Å². The minimum Gasteiger partial charge on any atom is -0.486 e. The van der Waals surface area contributed by atoms with Crippen LogP contribution in [0.25, 0.3) is 0 Å². The molecule has 0 fully saturated rings. The van der Waals surface area contributed by atoms with E-state index >= 15 is 0 Å². The van der Waals surface area contributed by atoms with Crippen LogP contribution in [0.2, 0.25) is 0 Å². The van der Waals surface area contributed by atoms with Crippen molar-refractivity contribution in [3.63, 3.8) is 0 Å². The van der Waals surface area contributed by atoms with Crippen LogP contribution in [-0.2, 0) is 6.42 Å². The van der Waals surface area contributed by atoms with Crippen molar-refractivity contribution < 1.29 is 19.0 Å². The first-order valence-electron chi connectivity index (χ1n) is 6.53. The molecule has 2 unspecified atom stereocenters. The molecule has 1 N–H and O–H groups in total. The monoisotopic (exact) mass is 274 g/mol. The molecule has 0 saturated carbocycles. The molecule has 4 heteroatoms. The second kappa shape index (κ2) is 5.51. The fourth-order valence-corrected chi connectivity index (χ4v) is 2.22. The van der Waals surface area contributed by atoms with Gasteiger partial charge in [0.25, 0.3) is 0 Å². The molecule has 0 bridgehead atoms. The first kappa shape index (κ1) is 12.9. The highest BCUT2D eigenvalue weighted by atomic mass is 19.1. The van der Waals surface area contributed by atoms with Crippen molar-refractivity contribution in [1.82, 2.24) is 0 Å². The van der Waals surface area contributed by atoms with E-state index in [4.69, 9.17) is 9.47 Å². The zero-order valence-corrected chi connectivity index (χ0v) is 10.8. The van der Waals surface area contributed by atoms with Crippen LogP contribution >= 0.6 is 0 Å². The van der Waals surface area contributed by atoms with E-state index in [0.717, 1.165) is 5.56 Å². The fraction of sp³-hybridized carbons (Fsp3) is 0.250. The predicted octanol–water partition coefficient (Wildman–Crippen LogP) is 2.57. The van der Waals surface area contributed by atoms with Gasteiger partial charge in [-0.25, -0.2) is 4.39 Å². The number of ether oxygens (including phenoxy) is 2. The predicted molar refractivity (Wildman–Crippen MR) is 72.5 cm³/mol. The van der Waals surface area contributed by atoms with Crippen LogP contribution in [0.3, 0.4) is 0 Å². The molecule has 3 rings (SSSR count). The maximum atomic E-state index is 12.8. The molecule has 0 saturated heterocycles. The van der Waals surface area contributed by atoms with Crippen LogP contribution in [0.4, 0.5) is 4.39 Å². The summed E-state index contributed by atoms with van der Waals surface area (Å²) in [5.41, 5.74) is 0.862. The summed E-state index contributed by atoms with van der Waals surface area (Å²) >= 11 is 0. The van der Waals surface area contributed by atoms with Crippen LogP contribution in [0, 0.1) is 5.82 Å². The Morgan fingerprint density at radius 1 is 1.10 bits per heavy atom. The highest BCUT2D eigenvalue weighted by Crippen LogP contribution is 2.31. The van der Waals surface area contributed by atoms with Gasteiger partial charge in [0, 0.05) is 6.42 Å². The summed E-state index contributed by atoms with van der Waals surface area (Å²) in [5.74, 6) is 1.05. The Balaban J connectivity index is 1.67. The normalized spacial score (nSPS) is 18.6. The Bertz CT molecular complexity index is 583. The molecular formula is C16H15FO3. The molecule has 20 heavy (non-hydrogen) atoms. The van der Waals surface area contributed by atoms with Gasteiger partial charge in [0.15, 0.2) is 17.6 Å². The van der Waals surface area contributed by atoms with Gasteiger partial charge in [-0.1, -0.05) is 24.3 Å². The van der Waals surface area contributed by atoms with E-state index in [-0.39, 0.29) is 5.82 Å². The molecule has 0 amide bonds. The van der Waals surface area contributed by atoms with Gasteiger partial charge in [-0.15, -0.1) is 0 Å². The summed E-state index contributed by atoms with van der Waals surface area (Å²) in [6.07, 6.45) is -0.722. The van der Waals surface area contributed by atoms with Gasteiger partial charge in [0.2, 0.25) is 0 Å². The van der Waals surface area contributed by atoms with E-state index in [9.17, 15) is 9.50 Å². The Morgan fingerprint density at radius 3 is 2.55 bits per heavy atom. The second-order valence-corrected chi connectivity index (χ2v) is 4.81. The average molecular weight is 274 g/mol. The lowest BCUT2D eigenvalue weighted by Gasteiger charge is -2.29. The lowest BCUT2D eigenvalue weighted by Crippen LogP contribution is -2.40. The van der Waals surface area contributed by atoms with Crippen LogP contribution in [0.1, 0.15) is 5.56 Å². The van der Waals surface area contributed by atoms with Crippen molar-refractivity contribution in [2.24, 2.45) is 0 Å². The smallest absolute Gasteiger partial charge is 0.161 e. The number of hydrogen-bond acceptors (Lipinski definition) is 3. The van der Waals surface area contributed by atoms with Crippen molar-refractivity contribution in [2.45, 2.75) is 18.6 Å². The minimum absolute atomic E-state index is 0.283. The highest BCUT2D eigenvalue weighted by molar-refractivity contribution is 5.40. The lowest BCUT2D eigenvalue weighted by atomic mass is 10.0. The van der Waals surface area contributed by atoms with Gasteiger partial charge in [0.1, 0.15) is 12.4 Å². The quantitative estimate of drug-likeness (QED) is 0.935. The molecule has 2 aromatic rings. The number of aliphatic hydroxyl groups is 1. The third-order valence-electron chi connectivity index (χ3n) is 3.32. The zero-order valence-electron chi connectivity index (χ0n) is 10.8. The Kier molecular flexibility index (Phi) is 3.56. The maximum Gasteiger partial charge on any atom is 0.161 e. The summed E-state index contributed by atoms with van der Waals surface area (Å²) in [7, 11) is 0. The molecule has 0 aromatic heterocycles. The molecule has 0 aliphatic carbocycles. The van der Waals surface area contributed by atoms with Crippen molar-refractivity contribution in [3.8, 4) is 11.5 Å². The standard InChI is InChI=1S/C16H15FO3/c17-12-7-5-11(6-8-12)9-13(18)16-10-19-14-3-1-2-4-15(14)20-16/h1-8,13,16,18H,9-10H2. The molecule has 3 nitrogen and oxygen atoms in total. The molecule has 0 radical (unpaired) electrons. The number of hydrogen-bond donors (Lipinski definition) is 1. The van der Waals surface area contributed by atoms with Gasteiger partial charge >= 0.3 is 0 Å². The number of fused-ring (bicyclic) bond motifs is 1. The summed E-state index contributed by atoms with van der Waals surface area (Å²) in [4.78, 5) is 0. The Labute approximate surface area is 116 Å². The number of rotatable bonds is 3. The van der Waals surface area contributed by atoms with Gasteiger partial charge in [-0.2, -0.15) is 0 Å². The first-order valence-corrected chi connectivity index (χ1v) is 6.53. The van der Waals surface area contributed by atoms with Crippen LogP contribution < -0.4 is 9.47 Å². The highest BCUT2D eigenvalue weighted by Gasteiger charge is 2.27. The molecule has 104 valence electrons. The fourth-order valence-electron chi connectivity index (χ4n) is 2.22. The topological polar surface area (TPSA) is 38.7 Å². The number of benzene rings is 2. The summed E-state index contributed by atoms with van der Waals surface area (Å²) in [6.45, 7) is 0.305. The molecular weight excluding hydrogens is 259 g/mol. The molecule has 1 aliphatic rings. The van der Waals surface area contributed by atoms with Gasteiger partial charge in [-0.3, -0.25) is 0 Å². The van der Waals surface area contributed by atoms with Gasteiger partial charge in [-0.05, 0) is 29.8 Å². The largest absolute Gasteiger partial charge is 0.486 e. The van der Waals surface area contributed by atoms with E-state index in [1.54, 1.807) is 12.1 Å². The van der Waals surface area contributed by atoms with E-state index in [1.807, 2.05) is 24.3 Å². The van der Waals surface area contributed by atoms with Gasteiger partial charge < -0.3 is 14.6 Å². The van der Waals surface area contributed by atoms with E-state index in [0.29, 0.717) is 24.5 Å². The van der Waals surface area contributed by atoms with E-state index in [2.05, 4.69) is 0 Å². The van der Waals surface area contributed by atoms with Crippen molar-refractivity contribution >= 4 is 0 Å². The van der Waals surface area contributed by atoms with Crippen molar-refractivity contribution in [1.29, 1.82) is 0 Å². The van der Waals surface area contributed by atoms with Crippen LogP contribution in [0.15, 0.2) is 48.5 Å². The van der Waals surface area contributed by atoms with Crippen LogP contribution in [-0.4, -0.2) is 23.9 Å². The molecule has 1 heterocycles. The first-order chi connectivity index (χ1) is 9.72. The average Bonchev–Trinajstić information content (AvgIpc) is 2.49. The minimum atomic E-state index is -0.700. The number of aliphatic hydroxyl groups excluding tert-OH is 1. The van der Waals surface area contributed by atoms with E-state index in [1.165, 1.54) is 12.1 Å². The van der Waals surface area contributed by atoms with Gasteiger partial charge in [0.05, 0.1) is 6.10 Å². The molecule has 2 atom stereocenters. The summed E-state index contributed by atoms with van der Waals surface area (Å²) in [5, 5.41) is 10.2. The Morgan fingerprint density at radius 2 is 1.80 bits per heavy atom. The SMILES string of the molecule is OC(Cc1ccc(F)cc1)C1COc2ccccc2O1. The Hall–Kier alpha value is -2.07. The number of para-hydroxylation sites is 2.